The highest BCUT2D eigenvalue weighted by molar-refractivity contribution is 5.86. The number of hydrogen-bond donors (Lipinski definition) is 1. The quantitative estimate of drug-likeness (QED) is 0.845. The van der Waals surface area contributed by atoms with Crippen LogP contribution in [-0.2, 0) is 0 Å². The number of fused-ring (bicyclic) bond motifs is 1. The van der Waals surface area contributed by atoms with Crippen molar-refractivity contribution < 1.29 is 0 Å². The summed E-state index contributed by atoms with van der Waals surface area (Å²) in [4.78, 5) is 0. The number of hydrogen-bond acceptors (Lipinski definition) is 1. The average Bonchev–Trinajstić information content (AvgIpc) is 2.95. The lowest BCUT2D eigenvalue weighted by Crippen LogP contribution is -2.19. The topological polar surface area (TPSA) is 26.0 Å². The van der Waals surface area contributed by atoms with Crippen LogP contribution in [0.5, 0.6) is 0 Å². The van der Waals surface area contributed by atoms with E-state index >= 15 is 0 Å². The lowest BCUT2D eigenvalue weighted by atomic mass is 9.88. The standard InChI is InChI=1S/C18H23N/c1-2-13-10-11-15(12-13)18(19)17-9-5-7-14-6-3-4-8-16(14)17/h3-9,13,15,18H,2,10-12,19H2,1H3. The molecule has 1 saturated carbocycles. The van der Waals surface area contributed by atoms with E-state index in [1.54, 1.807) is 0 Å². The third kappa shape index (κ3) is 2.40. The van der Waals surface area contributed by atoms with Crippen molar-refractivity contribution in [3.63, 3.8) is 0 Å². The molecule has 3 rings (SSSR count). The van der Waals surface area contributed by atoms with Crippen molar-refractivity contribution >= 4 is 10.8 Å². The smallest absolute Gasteiger partial charge is 0.0329 e. The third-order valence-corrected chi connectivity index (χ3v) is 4.85. The Morgan fingerprint density at radius 2 is 1.89 bits per heavy atom. The van der Waals surface area contributed by atoms with Gasteiger partial charge >= 0.3 is 0 Å². The van der Waals surface area contributed by atoms with Gasteiger partial charge in [0.15, 0.2) is 0 Å². The highest BCUT2D eigenvalue weighted by atomic mass is 14.7. The molecule has 0 aliphatic heterocycles. The molecular formula is C18H23N. The molecule has 0 amide bonds. The highest BCUT2D eigenvalue weighted by Crippen LogP contribution is 2.40. The summed E-state index contributed by atoms with van der Waals surface area (Å²) in [7, 11) is 0. The summed E-state index contributed by atoms with van der Waals surface area (Å²) in [6.07, 6.45) is 5.27. The van der Waals surface area contributed by atoms with Gasteiger partial charge in [-0.05, 0) is 41.0 Å². The van der Waals surface area contributed by atoms with Crippen LogP contribution in [0.3, 0.4) is 0 Å². The molecule has 3 unspecified atom stereocenters. The number of benzene rings is 2. The fraction of sp³-hybridized carbons (Fsp3) is 0.444. The van der Waals surface area contributed by atoms with Gasteiger partial charge in [-0.15, -0.1) is 0 Å². The van der Waals surface area contributed by atoms with Gasteiger partial charge in [0.05, 0.1) is 0 Å². The maximum absolute atomic E-state index is 6.58. The fourth-order valence-electron chi connectivity index (χ4n) is 3.61. The van der Waals surface area contributed by atoms with E-state index in [1.807, 2.05) is 0 Å². The van der Waals surface area contributed by atoms with Crippen molar-refractivity contribution in [2.24, 2.45) is 17.6 Å². The van der Waals surface area contributed by atoms with Gasteiger partial charge in [0.25, 0.3) is 0 Å². The molecule has 0 saturated heterocycles. The van der Waals surface area contributed by atoms with Gasteiger partial charge in [-0.25, -0.2) is 0 Å². The van der Waals surface area contributed by atoms with Crippen LogP contribution >= 0.6 is 0 Å². The van der Waals surface area contributed by atoms with E-state index in [0.29, 0.717) is 5.92 Å². The molecule has 2 N–H and O–H groups in total. The van der Waals surface area contributed by atoms with Gasteiger partial charge in [0.1, 0.15) is 0 Å². The second kappa shape index (κ2) is 5.34. The molecule has 1 fully saturated rings. The first-order valence-corrected chi connectivity index (χ1v) is 7.53. The van der Waals surface area contributed by atoms with E-state index in [1.165, 1.54) is 42.0 Å². The van der Waals surface area contributed by atoms with Crippen molar-refractivity contribution in [3.8, 4) is 0 Å². The number of nitrogens with two attached hydrogens (primary N) is 1. The normalized spacial score (nSPS) is 24.7. The Morgan fingerprint density at radius 1 is 1.11 bits per heavy atom. The van der Waals surface area contributed by atoms with Crippen LogP contribution < -0.4 is 5.73 Å². The van der Waals surface area contributed by atoms with Crippen molar-refractivity contribution in [1.82, 2.24) is 0 Å². The van der Waals surface area contributed by atoms with E-state index in [9.17, 15) is 0 Å². The Balaban J connectivity index is 1.92. The lowest BCUT2D eigenvalue weighted by molar-refractivity contribution is 0.418. The average molecular weight is 253 g/mol. The van der Waals surface area contributed by atoms with E-state index in [-0.39, 0.29) is 6.04 Å². The van der Waals surface area contributed by atoms with Crippen molar-refractivity contribution in [3.05, 3.63) is 48.0 Å². The second-order valence-corrected chi connectivity index (χ2v) is 5.94. The Bertz CT molecular complexity index is 555. The van der Waals surface area contributed by atoms with Crippen LogP contribution in [0.15, 0.2) is 42.5 Å². The summed E-state index contributed by atoms with van der Waals surface area (Å²) in [5.41, 5.74) is 7.92. The van der Waals surface area contributed by atoms with Crippen molar-refractivity contribution in [1.29, 1.82) is 0 Å². The lowest BCUT2D eigenvalue weighted by Gasteiger charge is -2.21. The maximum Gasteiger partial charge on any atom is 0.0329 e. The van der Waals surface area contributed by atoms with Gasteiger partial charge in [-0.2, -0.15) is 0 Å². The summed E-state index contributed by atoms with van der Waals surface area (Å²) >= 11 is 0. The molecule has 0 aromatic heterocycles. The molecule has 1 nitrogen and oxygen atoms in total. The van der Waals surface area contributed by atoms with Crippen LogP contribution in [0.25, 0.3) is 10.8 Å². The van der Waals surface area contributed by atoms with Crippen molar-refractivity contribution in [2.75, 3.05) is 0 Å². The fourth-order valence-corrected chi connectivity index (χ4v) is 3.61. The van der Waals surface area contributed by atoms with Crippen LogP contribution in [0.1, 0.15) is 44.2 Å². The zero-order chi connectivity index (χ0) is 13.2. The van der Waals surface area contributed by atoms with E-state index in [2.05, 4.69) is 49.4 Å². The summed E-state index contributed by atoms with van der Waals surface area (Å²) < 4.78 is 0. The summed E-state index contributed by atoms with van der Waals surface area (Å²) in [6, 6.07) is 15.3. The molecule has 2 aromatic rings. The van der Waals surface area contributed by atoms with E-state index in [4.69, 9.17) is 5.73 Å². The molecule has 3 atom stereocenters. The molecule has 0 heterocycles. The molecule has 19 heavy (non-hydrogen) atoms. The van der Waals surface area contributed by atoms with Crippen LogP contribution in [0.2, 0.25) is 0 Å². The minimum absolute atomic E-state index is 0.197. The Kier molecular flexibility index (Phi) is 3.56. The first-order chi connectivity index (χ1) is 9.29. The summed E-state index contributed by atoms with van der Waals surface area (Å²) in [5, 5.41) is 2.64. The molecule has 1 aliphatic rings. The third-order valence-electron chi connectivity index (χ3n) is 4.85. The Hall–Kier alpha value is -1.34. The Morgan fingerprint density at radius 3 is 2.68 bits per heavy atom. The van der Waals surface area contributed by atoms with E-state index < -0.39 is 0 Å². The molecule has 2 aromatic carbocycles. The molecule has 1 heteroatoms. The molecule has 1 aliphatic carbocycles. The summed E-state index contributed by atoms with van der Waals surface area (Å²) in [6.45, 7) is 2.30. The van der Waals surface area contributed by atoms with Gasteiger partial charge < -0.3 is 5.73 Å². The number of rotatable bonds is 3. The van der Waals surface area contributed by atoms with Gasteiger partial charge in [-0.3, -0.25) is 0 Å². The maximum atomic E-state index is 6.58. The largest absolute Gasteiger partial charge is 0.324 e. The van der Waals surface area contributed by atoms with Gasteiger partial charge in [-0.1, -0.05) is 62.2 Å². The zero-order valence-electron chi connectivity index (χ0n) is 11.7. The second-order valence-electron chi connectivity index (χ2n) is 5.94. The van der Waals surface area contributed by atoms with Crippen LogP contribution in [-0.4, -0.2) is 0 Å². The monoisotopic (exact) mass is 253 g/mol. The van der Waals surface area contributed by atoms with Crippen molar-refractivity contribution in [2.45, 2.75) is 38.6 Å². The van der Waals surface area contributed by atoms with Gasteiger partial charge in [0, 0.05) is 6.04 Å². The zero-order valence-corrected chi connectivity index (χ0v) is 11.7. The minimum atomic E-state index is 0.197. The molecule has 0 bridgehead atoms. The molecular weight excluding hydrogens is 230 g/mol. The molecule has 0 spiro atoms. The predicted molar refractivity (Wildman–Crippen MR) is 82.0 cm³/mol. The van der Waals surface area contributed by atoms with Crippen LogP contribution in [0, 0.1) is 11.8 Å². The first kappa shape index (κ1) is 12.7. The summed E-state index contributed by atoms with van der Waals surface area (Å²) in [5.74, 6) is 1.56. The van der Waals surface area contributed by atoms with Crippen LogP contribution in [0.4, 0.5) is 0 Å². The molecule has 0 radical (unpaired) electrons. The minimum Gasteiger partial charge on any atom is -0.324 e. The Labute approximate surface area is 115 Å². The predicted octanol–water partition coefficient (Wildman–Crippen LogP) is 4.67. The van der Waals surface area contributed by atoms with Gasteiger partial charge in [0.2, 0.25) is 0 Å². The SMILES string of the molecule is CCC1CCC(C(N)c2cccc3ccccc23)C1. The molecule has 100 valence electrons. The van der Waals surface area contributed by atoms with E-state index in [0.717, 1.165) is 5.92 Å². The highest BCUT2D eigenvalue weighted by Gasteiger charge is 2.29. The first-order valence-electron chi connectivity index (χ1n) is 7.53.